The Balaban J connectivity index is 2.04. The zero-order valence-corrected chi connectivity index (χ0v) is 17.2. The summed E-state index contributed by atoms with van der Waals surface area (Å²) < 4.78 is 12.2. The predicted octanol–water partition coefficient (Wildman–Crippen LogP) is 6.63. The van der Waals surface area contributed by atoms with Gasteiger partial charge in [-0.25, -0.2) is 0 Å². The van der Waals surface area contributed by atoms with Crippen LogP contribution in [0.5, 0.6) is 11.5 Å². The molecule has 0 aliphatic carbocycles. The molecular weight excluding hydrogens is 414 g/mol. The average molecular weight is 434 g/mol. The Hall–Kier alpha value is -3.03. The summed E-state index contributed by atoms with van der Waals surface area (Å²) in [7, 11) is 0. The van der Waals surface area contributed by atoms with E-state index >= 15 is 0 Å². The molecule has 0 saturated carbocycles. The maximum atomic E-state index is 9.75. The minimum Gasteiger partial charge on any atom is -0.490 e. The van der Waals surface area contributed by atoms with E-state index in [-0.39, 0.29) is 0 Å². The van der Waals surface area contributed by atoms with Gasteiger partial charge in [0, 0.05) is 4.47 Å². The van der Waals surface area contributed by atoms with Crippen LogP contribution in [0, 0.1) is 11.3 Å². The average Bonchev–Trinajstić information content (AvgIpc) is 2.72. The lowest BCUT2D eigenvalue weighted by Crippen LogP contribution is -1.99. The number of hydrogen-bond donors (Lipinski definition) is 0. The van der Waals surface area contributed by atoms with Crippen LogP contribution in [0.25, 0.3) is 22.4 Å². The van der Waals surface area contributed by atoms with E-state index in [1.54, 1.807) is 6.08 Å². The molecular formula is C24H20BrNO2. The summed E-state index contributed by atoms with van der Waals surface area (Å²) in [6, 6.07) is 20.2. The maximum Gasteiger partial charge on any atom is 0.162 e. The summed E-state index contributed by atoms with van der Waals surface area (Å²) in [4.78, 5) is 0. The Kier molecular flexibility index (Phi) is 6.52. The first-order valence-electron chi connectivity index (χ1n) is 8.97. The first kappa shape index (κ1) is 19.7. The van der Waals surface area contributed by atoms with Crippen LogP contribution in [0.2, 0.25) is 0 Å². The normalized spacial score (nSPS) is 11.1. The molecule has 0 aromatic heterocycles. The fourth-order valence-corrected chi connectivity index (χ4v) is 3.32. The molecule has 0 aliphatic heterocycles. The molecule has 140 valence electrons. The monoisotopic (exact) mass is 433 g/mol. The second-order valence-corrected chi connectivity index (χ2v) is 6.94. The number of hydrogen-bond acceptors (Lipinski definition) is 3. The van der Waals surface area contributed by atoms with Crippen LogP contribution in [0.1, 0.15) is 18.1 Å². The van der Waals surface area contributed by atoms with Gasteiger partial charge in [-0.2, -0.15) is 5.26 Å². The number of ether oxygens (including phenoxy) is 2. The summed E-state index contributed by atoms with van der Waals surface area (Å²) >= 11 is 3.58. The Morgan fingerprint density at radius 1 is 1.07 bits per heavy atom. The van der Waals surface area contributed by atoms with E-state index in [4.69, 9.17) is 9.47 Å². The van der Waals surface area contributed by atoms with Crippen LogP contribution in [0.4, 0.5) is 0 Å². The highest BCUT2D eigenvalue weighted by Crippen LogP contribution is 2.36. The first-order valence-corrected chi connectivity index (χ1v) is 9.76. The van der Waals surface area contributed by atoms with E-state index in [0.717, 1.165) is 26.4 Å². The molecule has 0 aliphatic rings. The maximum absolute atomic E-state index is 9.75. The predicted molar refractivity (Wildman–Crippen MR) is 118 cm³/mol. The topological polar surface area (TPSA) is 42.2 Å². The van der Waals surface area contributed by atoms with Crippen molar-refractivity contribution in [2.75, 3.05) is 13.2 Å². The van der Waals surface area contributed by atoms with Crippen molar-refractivity contribution in [2.24, 2.45) is 0 Å². The highest BCUT2D eigenvalue weighted by Gasteiger charge is 2.11. The van der Waals surface area contributed by atoms with Gasteiger partial charge in [-0.15, -0.1) is 0 Å². The zero-order valence-electron chi connectivity index (χ0n) is 15.6. The van der Waals surface area contributed by atoms with Crippen molar-refractivity contribution in [3.63, 3.8) is 0 Å². The number of nitrogens with zero attached hydrogens (tertiary/aromatic N) is 1. The third-order valence-electron chi connectivity index (χ3n) is 4.20. The van der Waals surface area contributed by atoms with Gasteiger partial charge in [-0.3, -0.25) is 0 Å². The molecule has 28 heavy (non-hydrogen) atoms. The van der Waals surface area contributed by atoms with Crippen molar-refractivity contribution in [1.29, 1.82) is 5.26 Å². The number of benzene rings is 3. The lowest BCUT2D eigenvalue weighted by Gasteiger charge is -2.13. The van der Waals surface area contributed by atoms with E-state index in [0.29, 0.717) is 30.3 Å². The molecule has 0 atom stereocenters. The Bertz CT molecular complexity index is 1080. The second-order valence-electron chi connectivity index (χ2n) is 6.08. The van der Waals surface area contributed by atoms with Crippen LogP contribution in [0.3, 0.4) is 0 Å². The molecule has 0 bridgehead atoms. The van der Waals surface area contributed by atoms with E-state index in [1.165, 1.54) is 0 Å². The minimum absolute atomic E-state index is 0.391. The van der Waals surface area contributed by atoms with Gasteiger partial charge in [-0.1, -0.05) is 65.0 Å². The van der Waals surface area contributed by atoms with Crippen LogP contribution < -0.4 is 9.47 Å². The van der Waals surface area contributed by atoms with Crippen molar-refractivity contribution in [3.8, 4) is 17.6 Å². The molecule has 3 aromatic rings. The van der Waals surface area contributed by atoms with Gasteiger partial charge in [0.05, 0.1) is 18.2 Å². The molecule has 0 heterocycles. The smallest absolute Gasteiger partial charge is 0.162 e. The van der Waals surface area contributed by atoms with Gasteiger partial charge in [0.1, 0.15) is 6.61 Å². The Morgan fingerprint density at radius 3 is 2.54 bits per heavy atom. The van der Waals surface area contributed by atoms with Gasteiger partial charge in [-0.05, 0) is 53.1 Å². The van der Waals surface area contributed by atoms with Gasteiger partial charge < -0.3 is 9.47 Å². The first-order chi connectivity index (χ1) is 13.7. The van der Waals surface area contributed by atoms with Crippen LogP contribution in [-0.4, -0.2) is 13.2 Å². The van der Waals surface area contributed by atoms with Crippen molar-refractivity contribution in [1.82, 2.24) is 0 Å². The fourth-order valence-electron chi connectivity index (χ4n) is 2.88. The highest BCUT2D eigenvalue weighted by atomic mass is 79.9. The van der Waals surface area contributed by atoms with E-state index < -0.39 is 0 Å². The van der Waals surface area contributed by atoms with Gasteiger partial charge in [0.2, 0.25) is 0 Å². The van der Waals surface area contributed by atoms with E-state index in [9.17, 15) is 5.26 Å². The molecule has 0 unspecified atom stereocenters. The highest BCUT2D eigenvalue weighted by molar-refractivity contribution is 9.10. The Labute approximate surface area is 173 Å². The summed E-state index contributed by atoms with van der Waals surface area (Å²) in [6.45, 7) is 6.51. The second kappa shape index (κ2) is 9.25. The zero-order chi connectivity index (χ0) is 19.9. The third kappa shape index (κ3) is 4.44. The minimum atomic E-state index is 0.391. The summed E-state index contributed by atoms with van der Waals surface area (Å²) in [6.07, 6.45) is 3.54. The molecule has 0 fully saturated rings. The van der Waals surface area contributed by atoms with E-state index in [2.05, 4.69) is 34.6 Å². The molecule has 3 rings (SSSR count). The summed E-state index contributed by atoms with van der Waals surface area (Å²) in [5.41, 5.74) is 2.30. The molecule has 3 nitrogen and oxygen atoms in total. The van der Waals surface area contributed by atoms with Gasteiger partial charge >= 0.3 is 0 Å². The van der Waals surface area contributed by atoms with Crippen LogP contribution in [-0.2, 0) is 0 Å². The lowest BCUT2D eigenvalue weighted by atomic mass is 10.00. The number of allylic oxidation sites excluding steroid dienone is 1. The fraction of sp³-hybridized carbons (Fsp3) is 0.125. The van der Waals surface area contributed by atoms with Crippen molar-refractivity contribution in [2.45, 2.75) is 6.92 Å². The Morgan fingerprint density at radius 2 is 1.82 bits per heavy atom. The SMILES string of the molecule is C=CCOc1cc(Br)c(/C=C(/C#N)c2ccc3ccccc3c2)cc1OCC. The summed E-state index contributed by atoms with van der Waals surface area (Å²) in [5.74, 6) is 1.27. The largest absolute Gasteiger partial charge is 0.490 e. The molecule has 0 spiro atoms. The van der Waals surface area contributed by atoms with Crippen LogP contribution >= 0.6 is 15.9 Å². The van der Waals surface area contributed by atoms with E-state index in [1.807, 2.05) is 61.5 Å². The van der Waals surface area contributed by atoms with Crippen molar-refractivity contribution >= 4 is 38.4 Å². The quantitative estimate of drug-likeness (QED) is 0.238. The standard InChI is InChI=1S/C24H20BrNO2/c1-3-11-28-24-15-22(25)20(14-23(24)27-4-2)13-21(16-26)19-10-9-17-7-5-6-8-18(17)12-19/h3,5-10,12-15H,1,4,11H2,2H3/b21-13-. The molecule has 0 N–H and O–H groups in total. The van der Waals surface area contributed by atoms with Crippen molar-refractivity contribution in [3.05, 3.63) is 82.9 Å². The molecule has 3 aromatic carbocycles. The molecule has 0 radical (unpaired) electrons. The lowest BCUT2D eigenvalue weighted by molar-refractivity contribution is 0.296. The summed E-state index contributed by atoms with van der Waals surface area (Å²) in [5, 5.41) is 12.0. The number of fused-ring (bicyclic) bond motifs is 1. The number of nitriles is 1. The van der Waals surface area contributed by atoms with Gasteiger partial charge in [0.25, 0.3) is 0 Å². The van der Waals surface area contributed by atoms with Gasteiger partial charge in [0.15, 0.2) is 11.5 Å². The molecule has 4 heteroatoms. The number of rotatable bonds is 7. The molecule has 0 saturated heterocycles. The third-order valence-corrected chi connectivity index (χ3v) is 4.89. The van der Waals surface area contributed by atoms with Crippen LogP contribution in [0.15, 0.2) is 71.7 Å². The van der Waals surface area contributed by atoms with Crippen molar-refractivity contribution < 1.29 is 9.47 Å². The number of halogens is 1. The molecule has 0 amide bonds.